The third kappa shape index (κ3) is 1.73. The molecule has 0 heterocycles. The standard InChI is InChI=1S/C11H20O5/c1-6-7(8(12)10(2,3)16-14)11(6,4)9(13)15-5/h6-8,12,14H,1-5H3. The van der Waals surface area contributed by atoms with Gasteiger partial charge in [-0.15, -0.1) is 0 Å². The van der Waals surface area contributed by atoms with E-state index in [1.807, 2.05) is 6.92 Å². The Hall–Kier alpha value is -0.650. The van der Waals surface area contributed by atoms with Crippen LogP contribution in [-0.2, 0) is 14.4 Å². The molecular weight excluding hydrogens is 212 g/mol. The summed E-state index contributed by atoms with van der Waals surface area (Å²) in [7, 11) is 1.33. The van der Waals surface area contributed by atoms with E-state index in [2.05, 4.69) is 4.89 Å². The smallest absolute Gasteiger partial charge is 0.312 e. The minimum absolute atomic E-state index is 0.00405. The summed E-state index contributed by atoms with van der Waals surface area (Å²) >= 11 is 0. The third-order valence-electron chi connectivity index (χ3n) is 3.98. The lowest BCUT2D eigenvalue weighted by atomic mass is 9.93. The van der Waals surface area contributed by atoms with Gasteiger partial charge in [-0.05, 0) is 26.7 Å². The van der Waals surface area contributed by atoms with Gasteiger partial charge in [-0.2, -0.15) is 0 Å². The molecule has 0 aromatic heterocycles. The van der Waals surface area contributed by atoms with Crippen molar-refractivity contribution in [3.63, 3.8) is 0 Å². The number of ether oxygens (including phenoxy) is 1. The van der Waals surface area contributed by atoms with E-state index in [9.17, 15) is 9.90 Å². The maximum absolute atomic E-state index is 11.6. The van der Waals surface area contributed by atoms with Crippen LogP contribution in [0.4, 0.5) is 0 Å². The summed E-state index contributed by atoms with van der Waals surface area (Å²) in [5, 5.41) is 18.8. The lowest BCUT2D eigenvalue weighted by Crippen LogP contribution is -2.41. The molecule has 1 fully saturated rings. The third-order valence-corrected chi connectivity index (χ3v) is 3.98. The molecule has 0 saturated heterocycles. The molecule has 0 aromatic rings. The first kappa shape index (κ1) is 13.4. The fourth-order valence-corrected chi connectivity index (χ4v) is 2.40. The molecule has 0 radical (unpaired) electrons. The van der Waals surface area contributed by atoms with Crippen LogP contribution in [0.1, 0.15) is 27.7 Å². The zero-order valence-corrected chi connectivity index (χ0v) is 10.4. The largest absolute Gasteiger partial charge is 0.469 e. The number of hydrogen-bond acceptors (Lipinski definition) is 5. The monoisotopic (exact) mass is 232 g/mol. The van der Waals surface area contributed by atoms with E-state index < -0.39 is 17.1 Å². The Morgan fingerprint density at radius 1 is 1.50 bits per heavy atom. The first-order valence-corrected chi connectivity index (χ1v) is 5.32. The van der Waals surface area contributed by atoms with Crippen LogP contribution in [0.15, 0.2) is 0 Å². The normalized spacial score (nSPS) is 35.7. The maximum atomic E-state index is 11.6. The summed E-state index contributed by atoms with van der Waals surface area (Å²) in [5.74, 6) is -0.593. The summed E-state index contributed by atoms with van der Waals surface area (Å²) in [6, 6.07) is 0. The van der Waals surface area contributed by atoms with Crippen molar-refractivity contribution in [2.45, 2.75) is 39.4 Å². The van der Waals surface area contributed by atoms with Crippen molar-refractivity contribution in [3.05, 3.63) is 0 Å². The predicted molar refractivity (Wildman–Crippen MR) is 56.6 cm³/mol. The summed E-state index contributed by atoms with van der Waals surface area (Å²) in [4.78, 5) is 15.9. The molecule has 1 rings (SSSR count). The molecule has 4 atom stereocenters. The average molecular weight is 232 g/mol. The van der Waals surface area contributed by atoms with Gasteiger partial charge in [-0.3, -0.25) is 10.1 Å². The molecule has 0 spiro atoms. The Balaban J connectivity index is 2.83. The van der Waals surface area contributed by atoms with Gasteiger partial charge in [-0.1, -0.05) is 6.92 Å². The first-order chi connectivity index (χ1) is 7.23. The molecule has 5 nitrogen and oxygen atoms in total. The Bertz CT molecular complexity index is 288. The van der Waals surface area contributed by atoms with Gasteiger partial charge in [0, 0.05) is 5.92 Å². The second-order valence-electron chi connectivity index (χ2n) is 5.23. The van der Waals surface area contributed by atoms with Crippen LogP contribution in [0.2, 0.25) is 0 Å². The second kappa shape index (κ2) is 3.98. The highest BCUT2D eigenvalue weighted by molar-refractivity contribution is 5.81. The van der Waals surface area contributed by atoms with E-state index in [0.717, 1.165) is 0 Å². The molecule has 94 valence electrons. The minimum Gasteiger partial charge on any atom is -0.469 e. The van der Waals surface area contributed by atoms with Gasteiger partial charge in [0.15, 0.2) is 0 Å². The van der Waals surface area contributed by atoms with Crippen LogP contribution in [0.25, 0.3) is 0 Å². The van der Waals surface area contributed by atoms with Crippen molar-refractivity contribution in [2.75, 3.05) is 7.11 Å². The van der Waals surface area contributed by atoms with Crippen LogP contribution in [0.3, 0.4) is 0 Å². The molecule has 5 heteroatoms. The van der Waals surface area contributed by atoms with Crippen LogP contribution in [0.5, 0.6) is 0 Å². The number of aliphatic hydroxyl groups is 1. The fraction of sp³-hybridized carbons (Fsp3) is 0.909. The van der Waals surface area contributed by atoms with Gasteiger partial charge < -0.3 is 9.84 Å². The lowest BCUT2D eigenvalue weighted by molar-refractivity contribution is -0.336. The molecule has 2 N–H and O–H groups in total. The first-order valence-electron chi connectivity index (χ1n) is 5.32. The molecule has 1 aliphatic rings. The fourth-order valence-electron chi connectivity index (χ4n) is 2.40. The van der Waals surface area contributed by atoms with Gasteiger partial charge in [-0.25, -0.2) is 4.89 Å². The Morgan fingerprint density at radius 3 is 2.38 bits per heavy atom. The molecule has 0 aromatic carbocycles. The van der Waals surface area contributed by atoms with Gasteiger partial charge in [0.2, 0.25) is 0 Å². The van der Waals surface area contributed by atoms with E-state index in [0.29, 0.717) is 0 Å². The SMILES string of the molecule is COC(=O)C1(C)C(C)C1C(O)C(C)(C)OO. The van der Waals surface area contributed by atoms with Gasteiger partial charge in [0.25, 0.3) is 0 Å². The highest BCUT2D eigenvalue weighted by Crippen LogP contribution is 2.62. The zero-order chi connectivity index (χ0) is 12.7. The number of hydrogen-bond donors (Lipinski definition) is 2. The van der Waals surface area contributed by atoms with Crippen LogP contribution in [0, 0.1) is 17.3 Å². The minimum atomic E-state index is -1.09. The van der Waals surface area contributed by atoms with Gasteiger partial charge in [0.1, 0.15) is 5.60 Å². The summed E-state index contributed by atoms with van der Waals surface area (Å²) in [6.07, 6.45) is -0.920. The van der Waals surface area contributed by atoms with E-state index in [1.54, 1.807) is 20.8 Å². The van der Waals surface area contributed by atoms with Crippen LogP contribution < -0.4 is 0 Å². The number of rotatable bonds is 4. The summed E-state index contributed by atoms with van der Waals surface area (Å²) < 4.78 is 4.72. The average Bonchev–Trinajstić information content (AvgIpc) is 2.80. The Morgan fingerprint density at radius 2 is 2.00 bits per heavy atom. The van der Waals surface area contributed by atoms with E-state index in [4.69, 9.17) is 9.99 Å². The number of carbonyl (C=O) groups is 1. The Labute approximate surface area is 95.3 Å². The molecule has 4 unspecified atom stereocenters. The molecule has 0 bridgehead atoms. The van der Waals surface area contributed by atoms with E-state index in [-0.39, 0.29) is 17.8 Å². The van der Waals surface area contributed by atoms with Gasteiger partial charge >= 0.3 is 5.97 Å². The molecule has 1 saturated carbocycles. The van der Waals surface area contributed by atoms with Crippen molar-refractivity contribution < 1.29 is 24.8 Å². The highest BCUT2D eigenvalue weighted by atomic mass is 17.1. The predicted octanol–water partition coefficient (Wildman–Crippen LogP) is 1.06. The topological polar surface area (TPSA) is 76.0 Å². The second-order valence-corrected chi connectivity index (χ2v) is 5.23. The number of methoxy groups -OCH3 is 1. The number of carbonyl (C=O) groups excluding carboxylic acids is 1. The maximum Gasteiger partial charge on any atom is 0.312 e. The van der Waals surface area contributed by atoms with E-state index >= 15 is 0 Å². The van der Waals surface area contributed by atoms with Crippen molar-refractivity contribution in [3.8, 4) is 0 Å². The molecule has 1 aliphatic carbocycles. The van der Waals surface area contributed by atoms with Crippen molar-refractivity contribution in [1.29, 1.82) is 0 Å². The van der Waals surface area contributed by atoms with Crippen LogP contribution in [-0.4, -0.2) is 35.1 Å². The van der Waals surface area contributed by atoms with Crippen molar-refractivity contribution in [1.82, 2.24) is 0 Å². The summed E-state index contributed by atoms with van der Waals surface area (Å²) in [6.45, 7) is 6.77. The molecular formula is C11H20O5. The number of esters is 1. The molecule has 16 heavy (non-hydrogen) atoms. The Kier molecular flexibility index (Phi) is 3.34. The molecule has 0 aliphatic heterocycles. The highest BCUT2D eigenvalue weighted by Gasteiger charge is 2.69. The van der Waals surface area contributed by atoms with Crippen LogP contribution >= 0.6 is 0 Å². The van der Waals surface area contributed by atoms with E-state index in [1.165, 1.54) is 7.11 Å². The zero-order valence-electron chi connectivity index (χ0n) is 10.4. The number of aliphatic hydroxyl groups excluding tert-OH is 1. The van der Waals surface area contributed by atoms with Gasteiger partial charge in [0.05, 0.1) is 18.6 Å². The molecule has 0 amide bonds. The van der Waals surface area contributed by atoms with Crippen molar-refractivity contribution in [2.24, 2.45) is 17.3 Å². The van der Waals surface area contributed by atoms with Crippen molar-refractivity contribution >= 4 is 5.97 Å². The quantitative estimate of drug-likeness (QED) is 0.430. The summed E-state index contributed by atoms with van der Waals surface area (Å²) in [5.41, 5.74) is -1.78. The lowest BCUT2D eigenvalue weighted by Gasteiger charge is -2.28.